The van der Waals surface area contributed by atoms with Crippen molar-refractivity contribution in [1.29, 1.82) is 0 Å². The van der Waals surface area contributed by atoms with Gasteiger partial charge in [-0.1, -0.05) is 18.2 Å². The van der Waals surface area contributed by atoms with Crippen molar-refractivity contribution in [1.82, 2.24) is 0 Å². The zero-order valence-electron chi connectivity index (χ0n) is 13.7. The Labute approximate surface area is 136 Å². The highest BCUT2D eigenvalue weighted by atomic mass is 16.5. The van der Waals surface area contributed by atoms with Crippen LogP contribution in [0.1, 0.15) is 13.8 Å². The van der Waals surface area contributed by atoms with E-state index in [0.29, 0.717) is 17.1 Å². The zero-order valence-corrected chi connectivity index (χ0v) is 13.7. The molecule has 0 spiro atoms. The van der Waals surface area contributed by atoms with Crippen molar-refractivity contribution in [2.24, 2.45) is 0 Å². The fraction of sp³-hybridized carbons (Fsp3) is 0.278. The summed E-state index contributed by atoms with van der Waals surface area (Å²) in [5, 5.41) is 10.4. The molecule has 1 amide bonds. The first-order valence-electron chi connectivity index (χ1n) is 7.31. The maximum atomic E-state index is 11.5. The smallest absolute Gasteiger partial charge is 0.214 e. The Morgan fingerprint density at radius 3 is 2.22 bits per heavy atom. The largest absolute Gasteiger partial charge is 0.507 e. The summed E-state index contributed by atoms with van der Waals surface area (Å²) >= 11 is 0. The number of nitrogens with zero attached hydrogens (tertiary/aromatic N) is 1. The maximum Gasteiger partial charge on any atom is 0.214 e. The number of hydrogen-bond acceptors (Lipinski definition) is 4. The van der Waals surface area contributed by atoms with Crippen molar-refractivity contribution in [2.75, 3.05) is 19.1 Å². The predicted octanol–water partition coefficient (Wildman–Crippen LogP) is 3.45. The molecule has 1 N–H and O–H groups in total. The molecule has 2 aromatic rings. The van der Waals surface area contributed by atoms with Gasteiger partial charge in [0.2, 0.25) is 6.41 Å². The van der Waals surface area contributed by atoms with Crippen LogP contribution in [0, 0.1) is 0 Å². The maximum absolute atomic E-state index is 11.5. The highest BCUT2D eigenvalue weighted by Crippen LogP contribution is 2.42. The van der Waals surface area contributed by atoms with Gasteiger partial charge in [0.25, 0.3) is 0 Å². The van der Waals surface area contributed by atoms with Crippen molar-refractivity contribution in [2.45, 2.75) is 19.9 Å². The molecule has 5 nitrogen and oxygen atoms in total. The van der Waals surface area contributed by atoms with Gasteiger partial charge in [-0.2, -0.15) is 0 Å². The summed E-state index contributed by atoms with van der Waals surface area (Å²) in [4.78, 5) is 13.1. The minimum atomic E-state index is -0.00376. The van der Waals surface area contributed by atoms with Gasteiger partial charge >= 0.3 is 0 Å². The third kappa shape index (κ3) is 3.23. The van der Waals surface area contributed by atoms with E-state index in [2.05, 4.69) is 0 Å². The van der Waals surface area contributed by atoms with E-state index in [1.165, 1.54) is 20.3 Å². The molecule has 0 heterocycles. The molecule has 0 radical (unpaired) electrons. The Morgan fingerprint density at radius 2 is 1.65 bits per heavy atom. The summed E-state index contributed by atoms with van der Waals surface area (Å²) in [7, 11) is 3.05. The summed E-state index contributed by atoms with van der Waals surface area (Å²) in [5.74, 6) is 1.02. The summed E-state index contributed by atoms with van der Waals surface area (Å²) in [6.45, 7) is 3.86. The first kappa shape index (κ1) is 16.7. The SMILES string of the molecule is COc1cc(O)c(-c2ccccc2N(C=O)C(C)C)cc1OC. The quantitative estimate of drug-likeness (QED) is 0.830. The molecule has 0 aromatic heterocycles. The van der Waals surface area contributed by atoms with E-state index in [-0.39, 0.29) is 11.8 Å². The van der Waals surface area contributed by atoms with E-state index in [1.807, 2.05) is 38.1 Å². The molecular weight excluding hydrogens is 294 g/mol. The first-order valence-corrected chi connectivity index (χ1v) is 7.31. The number of benzene rings is 2. The number of anilines is 1. The predicted molar refractivity (Wildman–Crippen MR) is 90.3 cm³/mol. The molecule has 5 heteroatoms. The van der Waals surface area contributed by atoms with E-state index >= 15 is 0 Å². The molecule has 2 rings (SSSR count). The number of ether oxygens (including phenoxy) is 2. The van der Waals surface area contributed by atoms with Crippen molar-refractivity contribution in [3.63, 3.8) is 0 Å². The molecule has 0 fully saturated rings. The molecule has 0 atom stereocenters. The number of phenolic OH excluding ortho intramolecular Hbond substituents is 1. The normalized spacial score (nSPS) is 10.5. The Balaban J connectivity index is 2.66. The van der Waals surface area contributed by atoms with Gasteiger partial charge in [-0.3, -0.25) is 4.79 Å². The number of amides is 1. The molecular formula is C18H21NO4. The Morgan fingerprint density at radius 1 is 1.04 bits per heavy atom. The van der Waals surface area contributed by atoms with Crippen molar-refractivity contribution in [3.05, 3.63) is 36.4 Å². The van der Waals surface area contributed by atoms with Crippen LogP contribution in [0.15, 0.2) is 36.4 Å². The molecule has 0 saturated carbocycles. The third-order valence-corrected chi connectivity index (χ3v) is 3.64. The highest BCUT2D eigenvalue weighted by Gasteiger charge is 2.18. The van der Waals surface area contributed by atoms with Gasteiger partial charge in [0.1, 0.15) is 5.75 Å². The van der Waals surface area contributed by atoms with Crippen molar-refractivity contribution >= 4 is 12.1 Å². The average molecular weight is 315 g/mol. The van der Waals surface area contributed by atoms with E-state index < -0.39 is 0 Å². The van der Waals surface area contributed by atoms with Crippen molar-refractivity contribution < 1.29 is 19.4 Å². The van der Waals surface area contributed by atoms with E-state index in [0.717, 1.165) is 17.7 Å². The van der Waals surface area contributed by atoms with Crippen LogP contribution in [0.5, 0.6) is 17.2 Å². The van der Waals surface area contributed by atoms with Crippen LogP contribution in [-0.4, -0.2) is 31.8 Å². The molecule has 0 aliphatic rings. The van der Waals surface area contributed by atoms with Crippen LogP contribution in [0.3, 0.4) is 0 Å². The average Bonchev–Trinajstić information content (AvgIpc) is 2.55. The molecule has 0 saturated heterocycles. The number of hydrogen-bond donors (Lipinski definition) is 1. The Bertz CT molecular complexity index is 697. The van der Waals surface area contributed by atoms with Gasteiger partial charge in [-0.25, -0.2) is 0 Å². The van der Waals surface area contributed by atoms with Crippen LogP contribution in [0.4, 0.5) is 5.69 Å². The third-order valence-electron chi connectivity index (χ3n) is 3.64. The van der Waals surface area contributed by atoms with E-state index in [1.54, 1.807) is 11.0 Å². The summed E-state index contributed by atoms with van der Waals surface area (Å²) in [5.41, 5.74) is 2.04. The second-order valence-electron chi connectivity index (χ2n) is 5.35. The molecule has 0 aliphatic heterocycles. The summed E-state index contributed by atoms with van der Waals surface area (Å²) in [6, 6.07) is 10.6. The molecule has 23 heavy (non-hydrogen) atoms. The molecule has 0 bridgehead atoms. The standard InChI is InChI=1S/C18H21NO4/c1-12(2)19(11-20)15-8-6-5-7-13(15)14-9-17(22-3)18(23-4)10-16(14)21/h5-12,21H,1-4H3. The topological polar surface area (TPSA) is 59.0 Å². The number of rotatable bonds is 6. The number of phenols is 1. The second kappa shape index (κ2) is 7.05. The molecule has 122 valence electrons. The summed E-state index contributed by atoms with van der Waals surface area (Å²) < 4.78 is 10.5. The van der Waals surface area contributed by atoms with E-state index in [9.17, 15) is 9.90 Å². The van der Waals surface area contributed by atoms with Gasteiger partial charge in [-0.15, -0.1) is 0 Å². The number of methoxy groups -OCH3 is 2. The van der Waals surface area contributed by atoms with Crippen LogP contribution >= 0.6 is 0 Å². The minimum Gasteiger partial charge on any atom is -0.507 e. The lowest BCUT2D eigenvalue weighted by atomic mass is 10.0. The number of carbonyl (C=O) groups excluding carboxylic acids is 1. The highest BCUT2D eigenvalue weighted by molar-refractivity contribution is 5.90. The minimum absolute atomic E-state index is 0.00376. The lowest BCUT2D eigenvalue weighted by molar-refractivity contribution is -0.107. The number of carbonyl (C=O) groups is 1. The molecule has 0 aliphatic carbocycles. The van der Waals surface area contributed by atoms with Crippen LogP contribution in [0.25, 0.3) is 11.1 Å². The van der Waals surface area contributed by atoms with Gasteiger partial charge in [0.05, 0.1) is 19.9 Å². The summed E-state index contributed by atoms with van der Waals surface area (Å²) in [6.07, 6.45) is 0.793. The number of para-hydroxylation sites is 1. The van der Waals surface area contributed by atoms with Crippen LogP contribution < -0.4 is 14.4 Å². The monoisotopic (exact) mass is 315 g/mol. The number of aromatic hydroxyl groups is 1. The zero-order chi connectivity index (χ0) is 17.0. The molecule has 0 unspecified atom stereocenters. The van der Waals surface area contributed by atoms with E-state index in [4.69, 9.17) is 9.47 Å². The van der Waals surface area contributed by atoms with Gasteiger partial charge in [-0.05, 0) is 26.0 Å². The van der Waals surface area contributed by atoms with Gasteiger partial charge in [0, 0.05) is 23.2 Å². The van der Waals surface area contributed by atoms with Gasteiger partial charge < -0.3 is 19.5 Å². The Kier molecular flexibility index (Phi) is 5.11. The lowest BCUT2D eigenvalue weighted by Crippen LogP contribution is -2.29. The Hall–Kier alpha value is -2.69. The molecule has 2 aromatic carbocycles. The van der Waals surface area contributed by atoms with Crippen LogP contribution in [0.2, 0.25) is 0 Å². The fourth-order valence-corrected chi connectivity index (χ4v) is 2.47. The fourth-order valence-electron chi connectivity index (χ4n) is 2.47. The van der Waals surface area contributed by atoms with Crippen molar-refractivity contribution in [3.8, 4) is 28.4 Å². The van der Waals surface area contributed by atoms with Gasteiger partial charge in [0.15, 0.2) is 11.5 Å². The van der Waals surface area contributed by atoms with Crippen LogP contribution in [-0.2, 0) is 4.79 Å². The lowest BCUT2D eigenvalue weighted by Gasteiger charge is -2.25. The first-order chi connectivity index (χ1) is 11.0. The second-order valence-corrected chi connectivity index (χ2v) is 5.35.